The van der Waals surface area contributed by atoms with Crippen LogP contribution < -0.4 is 4.74 Å². The van der Waals surface area contributed by atoms with Crippen LogP contribution in [0, 0.1) is 5.92 Å². The summed E-state index contributed by atoms with van der Waals surface area (Å²) >= 11 is 1.71. The van der Waals surface area contributed by atoms with Crippen LogP contribution >= 0.6 is 11.8 Å². The van der Waals surface area contributed by atoms with E-state index < -0.39 is 0 Å². The fourth-order valence-electron chi connectivity index (χ4n) is 1.71. The Morgan fingerprint density at radius 3 is 3.00 bits per heavy atom. The molecule has 2 nitrogen and oxygen atoms in total. The van der Waals surface area contributed by atoms with Gasteiger partial charge < -0.3 is 4.74 Å². The highest BCUT2D eigenvalue weighted by molar-refractivity contribution is 7.99. The largest absolute Gasteiger partial charge is 0.481 e. The molecule has 1 unspecified atom stereocenters. The number of ketones is 1. The molecule has 1 aliphatic heterocycles. The van der Waals surface area contributed by atoms with E-state index in [1.165, 1.54) is 0 Å². The van der Waals surface area contributed by atoms with Gasteiger partial charge in [-0.25, -0.2) is 0 Å². The zero-order valence-corrected chi connectivity index (χ0v) is 10.4. The van der Waals surface area contributed by atoms with Gasteiger partial charge in [-0.2, -0.15) is 0 Å². The highest BCUT2D eigenvalue weighted by Gasteiger charge is 2.26. The monoisotopic (exact) mass is 236 g/mol. The van der Waals surface area contributed by atoms with Crippen LogP contribution in [-0.2, 0) is 4.79 Å². The van der Waals surface area contributed by atoms with Gasteiger partial charge in [0.15, 0.2) is 11.9 Å². The summed E-state index contributed by atoms with van der Waals surface area (Å²) in [4.78, 5) is 13.0. The van der Waals surface area contributed by atoms with Gasteiger partial charge in [0.1, 0.15) is 5.75 Å². The van der Waals surface area contributed by atoms with Crippen molar-refractivity contribution in [3.8, 4) is 5.75 Å². The van der Waals surface area contributed by atoms with Crippen LogP contribution in [0.5, 0.6) is 5.75 Å². The van der Waals surface area contributed by atoms with E-state index in [1.807, 2.05) is 24.3 Å². The number of rotatable bonds is 3. The van der Waals surface area contributed by atoms with Crippen LogP contribution in [0.25, 0.3) is 0 Å². The van der Waals surface area contributed by atoms with E-state index >= 15 is 0 Å². The minimum absolute atomic E-state index is 0.219. The number of fused-ring (bicyclic) bond motifs is 1. The molecule has 1 atom stereocenters. The first-order valence-corrected chi connectivity index (χ1v) is 6.56. The third-order valence-corrected chi connectivity index (χ3v) is 3.59. The van der Waals surface area contributed by atoms with Crippen molar-refractivity contribution >= 4 is 17.5 Å². The van der Waals surface area contributed by atoms with Gasteiger partial charge in [0.25, 0.3) is 0 Å². The van der Waals surface area contributed by atoms with Gasteiger partial charge in [0.05, 0.1) is 0 Å². The van der Waals surface area contributed by atoms with Crippen LogP contribution in [0.4, 0.5) is 0 Å². The van der Waals surface area contributed by atoms with Gasteiger partial charge >= 0.3 is 0 Å². The lowest BCUT2D eigenvalue weighted by molar-refractivity contribution is -0.125. The van der Waals surface area contributed by atoms with Crippen molar-refractivity contribution in [1.29, 1.82) is 0 Å². The quantitative estimate of drug-likeness (QED) is 0.806. The minimum Gasteiger partial charge on any atom is -0.481 e. The van der Waals surface area contributed by atoms with Crippen LogP contribution in [-0.4, -0.2) is 17.6 Å². The third kappa shape index (κ3) is 2.59. The first kappa shape index (κ1) is 11.5. The number of benzene rings is 1. The van der Waals surface area contributed by atoms with Crippen LogP contribution in [0.1, 0.15) is 20.3 Å². The molecule has 0 N–H and O–H groups in total. The average molecular weight is 236 g/mol. The van der Waals surface area contributed by atoms with E-state index in [1.54, 1.807) is 11.8 Å². The average Bonchev–Trinajstić information content (AvgIpc) is 2.27. The molecule has 0 bridgehead atoms. The lowest BCUT2D eigenvalue weighted by Crippen LogP contribution is -2.32. The predicted octanol–water partition coefficient (Wildman–Crippen LogP) is 3.15. The van der Waals surface area contributed by atoms with Crippen molar-refractivity contribution in [2.24, 2.45) is 5.92 Å². The van der Waals surface area contributed by atoms with Gasteiger partial charge in [-0.15, -0.1) is 11.8 Å². The molecule has 0 saturated heterocycles. The Morgan fingerprint density at radius 1 is 1.50 bits per heavy atom. The normalized spacial score (nSPS) is 19.1. The maximum atomic E-state index is 11.9. The van der Waals surface area contributed by atoms with E-state index in [0.29, 0.717) is 12.3 Å². The second-order valence-corrected chi connectivity index (χ2v) is 5.49. The molecule has 3 heteroatoms. The van der Waals surface area contributed by atoms with E-state index in [2.05, 4.69) is 13.8 Å². The smallest absolute Gasteiger partial charge is 0.174 e. The molecule has 16 heavy (non-hydrogen) atoms. The number of hydrogen-bond donors (Lipinski definition) is 0. The Kier molecular flexibility index (Phi) is 3.54. The van der Waals surface area contributed by atoms with E-state index in [-0.39, 0.29) is 11.9 Å². The summed E-state index contributed by atoms with van der Waals surface area (Å²) < 4.78 is 5.72. The number of thioether (sulfide) groups is 1. The van der Waals surface area contributed by atoms with Gasteiger partial charge in [0, 0.05) is 17.1 Å². The highest BCUT2D eigenvalue weighted by atomic mass is 32.2. The second kappa shape index (κ2) is 4.91. The third-order valence-electron chi connectivity index (χ3n) is 2.48. The van der Waals surface area contributed by atoms with Crippen molar-refractivity contribution in [3.63, 3.8) is 0 Å². The van der Waals surface area contributed by atoms with Crippen LogP contribution in [0.15, 0.2) is 29.2 Å². The number of carbonyl (C=O) groups is 1. The summed E-state index contributed by atoms with van der Waals surface area (Å²) in [5.74, 6) is 2.21. The first-order chi connectivity index (χ1) is 7.66. The molecule has 1 heterocycles. The zero-order valence-electron chi connectivity index (χ0n) is 9.60. The maximum Gasteiger partial charge on any atom is 0.174 e. The molecular formula is C13H16O2S. The molecular weight excluding hydrogens is 220 g/mol. The van der Waals surface area contributed by atoms with Gasteiger partial charge in [0.2, 0.25) is 0 Å². The fourth-order valence-corrected chi connectivity index (χ4v) is 2.73. The molecule has 0 saturated carbocycles. The van der Waals surface area contributed by atoms with E-state index in [0.717, 1.165) is 16.4 Å². The summed E-state index contributed by atoms with van der Waals surface area (Å²) in [5.41, 5.74) is 0. The highest BCUT2D eigenvalue weighted by Crippen LogP contribution is 2.35. The maximum absolute atomic E-state index is 11.9. The van der Waals surface area contributed by atoms with Crippen molar-refractivity contribution in [3.05, 3.63) is 24.3 Å². The summed E-state index contributed by atoms with van der Waals surface area (Å²) in [5, 5.41) is 0. The number of para-hydroxylation sites is 1. The Labute approximate surface area is 100 Å². The van der Waals surface area contributed by atoms with E-state index in [4.69, 9.17) is 4.74 Å². The number of Topliss-reactive ketones (excluding diaryl/α,β-unsaturated/α-hetero) is 1. The van der Waals surface area contributed by atoms with Gasteiger partial charge in [-0.3, -0.25) is 4.79 Å². The van der Waals surface area contributed by atoms with Gasteiger partial charge in [-0.1, -0.05) is 26.0 Å². The lowest BCUT2D eigenvalue weighted by atomic mass is 10.0. The minimum atomic E-state index is -0.262. The summed E-state index contributed by atoms with van der Waals surface area (Å²) in [6.45, 7) is 4.11. The van der Waals surface area contributed by atoms with Crippen molar-refractivity contribution in [2.75, 3.05) is 5.75 Å². The summed E-state index contributed by atoms with van der Waals surface area (Å²) in [6, 6.07) is 7.89. The Hall–Kier alpha value is -0.960. The van der Waals surface area contributed by atoms with Crippen LogP contribution in [0.3, 0.4) is 0 Å². The zero-order chi connectivity index (χ0) is 11.5. The Morgan fingerprint density at radius 2 is 2.25 bits per heavy atom. The molecule has 1 aromatic carbocycles. The number of ether oxygens (including phenoxy) is 1. The fraction of sp³-hybridized carbons (Fsp3) is 0.462. The molecule has 0 aromatic heterocycles. The first-order valence-electron chi connectivity index (χ1n) is 5.58. The molecule has 0 radical (unpaired) electrons. The Balaban J connectivity index is 2.05. The topological polar surface area (TPSA) is 26.3 Å². The van der Waals surface area contributed by atoms with Crippen molar-refractivity contribution < 1.29 is 9.53 Å². The van der Waals surface area contributed by atoms with Crippen molar-refractivity contribution in [2.45, 2.75) is 31.3 Å². The van der Waals surface area contributed by atoms with E-state index in [9.17, 15) is 4.79 Å². The lowest BCUT2D eigenvalue weighted by Gasteiger charge is -2.24. The molecule has 86 valence electrons. The number of hydrogen-bond acceptors (Lipinski definition) is 3. The van der Waals surface area contributed by atoms with Crippen LogP contribution in [0.2, 0.25) is 0 Å². The molecule has 0 fully saturated rings. The van der Waals surface area contributed by atoms with Gasteiger partial charge in [-0.05, 0) is 18.1 Å². The molecule has 0 aliphatic carbocycles. The molecule has 1 aliphatic rings. The van der Waals surface area contributed by atoms with Crippen molar-refractivity contribution in [1.82, 2.24) is 0 Å². The SMILES string of the molecule is CC(C)CC(=O)C1CSc2ccccc2O1. The molecule has 0 spiro atoms. The number of carbonyl (C=O) groups excluding carboxylic acids is 1. The second-order valence-electron chi connectivity index (χ2n) is 4.43. The standard InChI is InChI=1S/C13H16O2S/c1-9(2)7-10(14)12-8-16-13-6-4-3-5-11(13)15-12/h3-6,9,12H,7-8H2,1-2H3. The Bertz CT molecular complexity index is 387. The summed E-state index contributed by atoms with van der Waals surface area (Å²) in [6.07, 6.45) is 0.343. The predicted molar refractivity (Wildman–Crippen MR) is 66.0 cm³/mol. The molecule has 0 amide bonds. The molecule has 1 aromatic rings. The molecule has 2 rings (SSSR count). The summed E-state index contributed by atoms with van der Waals surface area (Å²) in [7, 11) is 0.